The van der Waals surface area contributed by atoms with E-state index in [1.165, 1.54) is 20.8 Å². The molecule has 0 spiro atoms. The summed E-state index contributed by atoms with van der Waals surface area (Å²) in [4.78, 5) is 59.5. The van der Waals surface area contributed by atoms with Gasteiger partial charge in [0.15, 0.2) is 12.3 Å². The first kappa shape index (κ1) is 26.9. The summed E-state index contributed by atoms with van der Waals surface area (Å²) in [7, 11) is 0. The second-order valence-electron chi connectivity index (χ2n) is 8.78. The number of ether oxygens (including phenoxy) is 4. The Labute approximate surface area is 208 Å². The Bertz CT molecular complexity index is 1030. The highest BCUT2D eigenvalue weighted by Crippen LogP contribution is 2.31. The number of nitrogens with one attached hydrogen (secondary N) is 3. The van der Waals surface area contributed by atoms with E-state index in [-0.39, 0.29) is 12.5 Å². The van der Waals surface area contributed by atoms with Gasteiger partial charge in [-0.3, -0.25) is 19.2 Å². The van der Waals surface area contributed by atoms with Crippen LogP contribution in [0.5, 0.6) is 0 Å². The fourth-order valence-corrected chi connectivity index (χ4v) is 4.27. The van der Waals surface area contributed by atoms with E-state index in [2.05, 4.69) is 16.0 Å². The smallest absolute Gasteiger partial charge is 0.321 e. The molecule has 36 heavy (non-hydrogen) atoms. The molecule has 0 radical (unpaired) electrons. The van der Waals surface area contributed by atoms with Gasteiger partial charge in [-0.05, 0) is 30.5 Å². The highest BCUT2D eigenvalue weighted by Gasteiger charge is 2.48. The van der Waals surface area contributed by atoms with E-state index in [9.17, 15) is 24.0 Å². The molecule has 2 aliphatic heterocycles. The first-order valence-corrected chi connectivity index (χ1v) is 11.7. The maximum absolute atomic E-state index is 12.9. The van der Waals surface area contributed by atoms with Crippen LogP contribution >= 0.6 is 0 Å². The predicted molar refractivity (Wildman–Crippen MR) is 126 cm³/mol. The lowest BCUT2D eigenvalue weighted by Crippen LogP contribution is -2.62. The number of aryl methyl sites for hydroxylation is 1. The van der Waals surface area contributed by atoms with Crippen LogP contribution in [0.1, 0.15) is 46.1 Å². The molecule has 1 fully saturated rings. The fourth-order valence-electron chi connectivity index (χ4n) is 4.27. The van der Waals surface area contributed by atoms with Gasteiger partial charge in [0.1, 0.15) is 18.8 Å². The van der Waals surface area contributed by atoms with E-state index in [0.717, 1.165) is 18.4 Å². The predicted octanol–water partition coefficient (Wildman–Crippen LogP) is 1.87. The summed E-state index contributed by atoms with van der Waals surface area (Å²) in [6.45, 7) is 5.08. The number of hydrogen-bond acceptors (Lipinski definition) is 9. The molecule has 5 atom stereocenters. The molecule has 1 aromatic rings. The zero-order valence-electron chi connectivity index (χ0n) is 20.6. The second kappa shape index (κ2) is 11.8. The molecule has 0 saturated carbocycles. The van der Waals surface area contributed by atoms with Gasteiger partial charge < -0.3 is 34.9 Å². The van der Waals surface area contributed by atoms with E-state index < -0.39 is 54.4 Å². The van der Waals surface area contributed by atoms with Crippen LogP contribution in [0.3, 0.4) is 0 Å². The number of fused-ring (bicyclic) bond motifs is 1. The van der Waals surface area contributed by atoms with Crippen LogP contribution in [0.2, 0.25) is 0 Å². The van der Waals surface area contributed by atoms with Crippen molar-refractivity contribution in [2.75, 3.05) is 17.2 Å². The molecule has 3 amide bonds. The van der Waals surface area contributed by atoms with E-state index >= 15 is 0 Å². The largest absolute Gasteiger partial charge is 0.463 e. The summed E-state index contributed by atoms with van der Waals surface area (Å²) >= 11 is 0. The number of rotatable bonds is 6. The molecule has 2 heterocycles. The molecule has 5 unspecified atom stereocenters. The molecular formula is C24H31N3O9. The minimum atomic E-state index is -1.14. The van der Waals surface area contributed by atoms with Gasteiger partial charge in [0.25, 0.3) is 0 Å². The average Bonchev–Trinajstić information content (AvgIpc) is 2.96. The summed E-state index contributed by atoms with van der Waals surface area (Å²) in [5.74, 6) is -2.48. The summed E-state index contributed by atoms with van der Waals surface area (Å²) in [6, 6.07) is 4.54. The van der Waals surface area contributed by atoms with Gasteiger partial charge in [-0.1, -0.05) is 13.0 Å². The van der Waals surface area contributed by atoms with Gasteiger partial charge in [-0.15, -0.1) is 0 Å². The first-order valence-electron chi connectivity index (χ1n) is 11.7. The number of esters is 3. The maximum Gasteiger partial charge on any atom is 0.321 e. The molecule has 2 aliphatic rings. The highest BCUT2D eigenvalue weighted by atomic mass is 16.6. The van der Waals surface area contributed by atoms with Crippen molar-refractivity contribution < 1.29 is 42.9 Å². The number of urea groups is 1. The standard InChI is InChI=1S/C24H31N3O9/c1-12-21(34-14(3)29)19(11-33-13(2)28)36-23(22(12)35-15(4)30)27-24(32)25-17-9-8-16-6-5-7-20(31)26-18(16)10-17/h8-10,12,19,21-23H,5-7,11H2,1-4H3,(H,26,31)(H2,25,27,32). The summed E-state index contributed by atoms with van der Waals surface area (Å²) in [5, 5.41) is 8.13. The van der Waals surface area contributed by atoms with Gasteiger partial charge in [0.2, 0.25) is 5.91 Å². The number of hydrogen-bond donors (Lipinski definition) is 3. The van der Waals surface area contributed by atoms with E-state index in [4.69, 9.17) is 18.9 Å². The van der Waals surface area contributed by atoms with Crippen LogP contribution in [0.15, 0.2) is 18.2 Å². The topological polar surface area (TPSA) is 158 Å². The summed E-state index contributed by atoms with van der Waals surface area (Å²) in [5.41, 5.74) is 2.02. The van der Waals surface area contributed by atoms with Crippen molar-refractivity contribution in [2.24, 2.45) is 5.92 Å². The monoisotopic (exact) mass is 505 g/mol. The molecule has 1 saturated heterocycles. The normalized spacial score (nSPS) is 25.3. The Morgan fingerprint density at radius 3 is 2.39 bits per heavy atom. The number of anilines is 2. The zero-order valence-corrected chi connectivity index (χ0v) is 20.6. The Morgan fingerprint density at radius 2 is 1.72 bits per heavy atom. The molecule has 12 nitrogen and oxygen atoms in total. The fraction of sp³-hybridized carbons (Fsp3) is 0.542. The quantitative estimate of drug-likeness (QED) is 0.388. The molecule has 3 rings (SSSR count). The third-order valence-electron chi connectivity index (χ3n) is 5.84. The van der Waals surface area contributed by atoms with Crippen molar-refractivity contribution in [1.29, 1.82) is 0 Å². The van der Waals surface area contributed by atoms with E-state index in [1.54, 1.807) is 19.1 Å². The number of benzene rings is 1. The van der Waals surface area contributed by atoms with Gasteiger partial charge in [-0.25, -0.2) is 4.79 Å². The molecule has 196 valence electrons. The zero-order chi connectivity index (χ0) is 26.4. The Morgan fingerprint density at radius 1 is 1.03 bits per heavy atom. The summed E-state index contributed by atoms with van der Waals surface area (Å²) < 4.78 is 21.7. The van der Waals surface area contributed by atoms with E-state index in [1.807, 2.05) is 6.07 Å². The molecule has 12 heteroatoms. The lowest BCUT2D eigenvalue weighted by atomic mass is 9.89. The number of carbonyl (C=O) groups excluding carboxylic acids is 5. The van der Waals surface area contributed by atoms with Crippen molar-refractivity contribution in [3.05, 3.63) is 23.8 Å². The van der Waals surface area contributed by atoms with Crippen LogP contribution in [-0.2, 0) is 44.5 Å². The second-order valence-corrected chi connectivity index (χ2v) is 8.78. The van der Waals surface area contributed by atoms with Crippen molar-refractivity contribution in [2.45, 2.75) is 71.5 Å². The van der Waals surface area contributed by atoms with E-state index in [0.29, 0.717) is 17.8 Å². The third kappa shape index (κ3) is 7.17. The Kier molecular flexibility index (Phi) is 8.86. The van der Waals surface area contributed by atoms with Crippen LogP contribution in [0.4, 0.5) is 16.2 Å². The van der Waals surface area contributed by atoms with Crippen LogP contribution in [0.25, 0.3) is 0 Å². The van der Waals surface area contributed by atoms with Crippen molar-refractivity contribution in [3.8, 4) is 0 Å². The maximum atomic E-state index is 12.9. The minimum absolute atomic E-state index is 0.0923. The molecule has 1 aromatic carbocycles. The van der Waals surface area contributed by atoms with Crippen molar-refractivity contribution in [1.82, 2.24) is 5.32 Å². The van der Waals surface area contributed by atoms with Gasteiger partial charge in [0, 0.05) is 44.5 Å². The molecule has 3 N–H and O–H groups in total. The van der Waals surface area contributed by atoms with Gasteiger partial charge in [-0.2, -0.15) is 0 Å². The first-order chi connectivity index (χ1) is 17.0. The number of amides is 3. The number of carbonyl (C=O) groups is 5. The molecule has 0 bridgehead atoms. The minimum Gasteiger partial charge on any atom is -0.463 e. The highest BCUT2D eigenvalue weighted by molar-refractivity contribution is 5.95. The lowest BCUT2D eigenvalue weighted by Gasteiger charge is -2.44. The SMILES string of the molecule is CC(=O)OCC1OC(NC(=O)Nc2ccc3c(c2)NC(=O)CCC3)C(OC(C)=O)C(C)C1OC(C)=O. The molecule has 0 aromatic heterocycles. The van der Waals surface area contributed by atoms with Crippen molar-refractivity contribution >= 4 is 41.2 Å². The van der Waals surface area contributed by atoms with Crippen LogP contribution in [-0.4, -0.2) is 61.0 Å². The molecular weight excluding hydrogens is 474 g/mol. The Balaban J connectivity index is 1.77. The summed E-state index contributed by atoms with van der Waals surface area (Å²) in [6.07, 6.45) is -2.06. The average molecular weight is 506 g/mol. The van der Waals surface area contributed by atoms with Gasteiger partial charge >= 0.3 is 23.9 Å². The Hall–Kier alpha value is -3.67. The third-order valence-corrected chi connectivity index (χ3v) is 5.84. The van der Waals surface area contributed by atoms with Crippen LogP contribution < -0.4 is 16.0 Å². The van der Waals surface area contributed by atoms with Crippen molar-refractivity contribution in [3.63, 3.8) is 0 Å². The molecule has 0 aliphatic carbocycles. The van der Waals surface area contributed by atoms with Crippen LogP contribution in [0, 0.1) is 5.92 Å². The lowest BCUT2D eigenvalue weighted by molar-refractivity contribution is -0.232. The van der Waals surface area contributed by atoms with Gasteiger partial charge in [0.05, 0.1) is 0 Å².